The number of carboxylic acids is 1. The van der Waals surface area contributed by atoms with Crippen LogP contribution in [0.1, 0.15) is 367 Å². The third-order valence-corrected chi connectivity index (χ3v) is 28.5. The monoisotopic (exact) mass is 2000 g/mol. The van der Waals surface area contributed by atoms with Gasteiger partial charge in [-0.1, -0.05) is 327 Å². The lowest BCUT2D eigenvalue weighted by molar-refractivity contribution is 0.0692. The lowest BCUT2D eigenvalue weighted by atomic mass is 9.88. The summed E-state index contributed by atoms with van der Waals surface area (Å²) in [6.07, 6.45) is 10.5. The van der Waals surface area contributed by atoms with Gasteiger partial charge in [0.25, 0.3) is 0 Å². The number of aromatic carboxylic acids is 1. The number of Topliss-reactive ketones (excluding diaryl/α,β-unsaturated/α-hetero) is 1. The van der Waals surface area contributed by atoms with Crippen LogP contribution in [0.3, 0.4) is 0 Å². The Hall–Kier alpha value is -15.0. The van der Waals surface area contributed by atoms with Gasteiger partial charge in [-0.2, -0.15) is 0 Å². The normalized spacial score (nSPS) is 12.7. The molecular formula is C131H158O17. The molecular weight excluding hydrogens is 1850 g/mol. The molecule has 17 heteroatoms. The molecule has 10 unspecified atom stereocenters. The van der Waals surface area contributed by atoms with Crippen LogP contribution < -0.4 is 0 Å². The van der Waals surface area contributed by atoms with Crippen molar-refractivity contribution in [2.24, 2.45) is 0 Å². The molecule has 14 N–H and O–H groups in total. The summed E-state index contributed by atoms with van der Waals surface area (Å²) in [5, 5.41) is 143. The van der Waals surface area contributed by atoms with E-state index in [1.807, 2.05) is 132 Å². The second-order valence-electron chi connectivity index (χ2n) is 38.8. The molecule has 10 atom stereocenters. The van der Waals surface area contributed by atoms with Crippen LogP contribution in [0.15, 0.2) is 291 Å². The van der Waals surface area contributed by atoms with Gasteiger partial charge in [0.1, 0.15) is 51.6 Å². The van der Waals surface area contributed by atoms with Crippen LogP contribution in [-0.4, -0.2) is 89.0 Å². The molecule has 0 saturated heterocycles. The summed E-state index contributed by atoms with van der Waals surface area (Å²) in [7, 11) is 0. The highest BCUT2D eigenvalue weighted by molar-refractivity contribution is 6.12. The van der Waals surface area contributed by atoms with E-state index in [9.17, 15) is 70.6 Å². The number of aryl methyl sites for hydroxylation is 1. The Kier molecular flexibility index (Phi) is 47.8. The maximum absolute atomic E-state index is 12.4. The number of hydrogen-bond acceptors (Lipinski definition) is 16. The topological polar surface area (TPSA) is 334 Å². The van der Waals surface area contributed by atoms with Crippen molar-refractivity contribution in [1.29, 1.82) is 0 Å². The van der Waals surface area contributed by atoms with Crippen molar-refractivity contribution >= 4 is 71.4 Å². The lowest BCUT2D eigenvalue weighted by Crippen LogP contribution is -2.03. The van der Waals surface area contributed by atoms with Gasteiger partial charge in [-0.15, -0.1) is 0 Å². The minimum atomic E-state index is -1.09. The van der Waals surface area contributed by atoms with Gasteiger partial charge in [0, 0.05) is 16.3 Å². The van der Waals surface area contributed by atoms with E-state index in [4.69, 9.17) is 15.3 Å². The van der Waals surface area contributed by atoms with Gasteiger partial charge >= 0.3 is 5.97 Å². The van der Waals surface area contributed by atoms with E-state index < -0.39 is 11.7 Å². The summed E-state index contributed by atoms with van der Waals surface area (Å²) in [6, 6.07) is 90.3. The van der Waals surface area contributed by atoms with Crippen LogP contribution in [0.2, 0.25) is 0 Å². The van der Waals surface area contributed by atoms with Gasteiger partial charge in [0.2, 0.25) is 0 Å². The summed E-state index contributed by atoms with van der Waals surface area (Å²) in [4.78, 5) is 34.3. The highest BCUT2D eigenvalue weighted by Gasteiger charge is 2.21. The molecule has 0 bridgehead atoms. The Bertz CT molecular complexity index is 6830. The van der Waals surface area contributed by atoms with Crippen LogP contribution in [0.25, 0.3) is 53.9 Å². The first-order chi connectivity index (χ1) is 70.5. The van der Waals surface area contributed by atoms with Gasteiger partial charge in [0.15, 0.2) is 40.3 Å². The summed E-state index contributed by atoms with van der Waals surface area (Å²) in [5.41, 5.74) is 13.8. The van der Waals surface area contributed by atoms with Crippen molar-refractivity contribution in [2.75, 3.05) is 0 Å². The molecule has 0 saturated carbocycles. The van der Waals surface area contributed by atoms with Crippen LogP contribution in [0.5, 0.6) is 74.7 Å². The number of carbonyl (C=O) groups is 3. The molecule has 0 amide bonds. The lowest BCUT2D eigenvalue weighted by Gasteiger charge is -2.17. The molecule has 16 aromatic carbocycles. The molecule has 0 aliphatic carbocycles. The molecule has 17 nitrogen and oxygen atoms in total. The number of benzene rings is 16. The zero-order valence-corrected chi connectivity index (χ0v) is 90.5. The first-order valence-corrected chi connectivity index (χ1v) is 52.2. The van der Waals surface area contributed by atoms with Crippen LogP contribution in [0, 0.1) is 6.92 Å². The number of carboxylic acid groups (broad SMARTS) is 1. The minimum absolute atomic E-state index is 0.0252. The summed E-state index contributed by atoms with van der Waals surface area (Å²) < 4.78 is 0. The van der Waals surface area contributed by atoms with E-state index in [1.165, 1.54) is 86.4 Å². The number of para-hydroxylation sites is 1. The molecule has 16 aromatic rings. The Morgan fingerprint density at radius 1 is 0.230 bits per heavy atom. The largest absolute Gasteiger partial charge is 0.508 e. The SMILES string of the molecule is CCC(C)c1c2ccccc2cc2c(O)cccc12.CCC(C)c1cc(O)c(O)c(O)c1.CCC(C)c1ccc(O)c(C(=O)O)c1.CCC(C)c1ccc(O)c(C(=O)c2ccccc2)c1.CCC(C)c1ccc(O)c(C(C)=O)c1.CCC(C)c1ccc(O)c(C)c1.CCC(C)c1ccc(O)c(O)c1.CCC(C)c1ccc2cc(O)c3ccccc3c2c1.CCC(C)c1ccc2cc(O)ccc2c1.CCC(C)c1ccccc1O. The van der Waals surface area contributed by atoms with E-state index in [-0.39, 0.29) is 63.3 Å². The number of ketones is 2. The second-order valence-corrected chi connectivity index (χ2v) is 38.8. The van der Waals surface area contributed by atoms with Crippen molar-refractivity contribution in [3.63, 3.8) is 0 Å². The number of rotatable bonds is 24. The predicted molar refractivity (Wildman–Crippen MR) is 612 cm³/mol. The van der Waals surface area contributed by atoms with E-state index in [0.29, 0.717) is 98.7 Å². The molecule has 0 radical (unpaired) electrons. The van der Waals surface area contributed by atoms with E-state index in [1.54, 1.807) is 78.9 Å². The van der Waals surface area contributed by atoms with Gasteiger partial charge in [-0.25, -0.2) is 4.79 Å². The molecule has 16 rings (SSSR count). The maximum Gasteiger partial charge on any atom is 0.339 e. The van der Waals surface area contributed by atoms with Gasteiger partial charge in [-0.3, -0.25) is 9.59 Å². The molecule has 0 heterocycles. The smallest absolute Gasteiger partial charge is 0.339 e. The number of phenolic OH excluding ortho intramolecular Hbond substituents is 12. The highest BCUT2D eigenvalue weighted by Crippen LogP contribution is 2.43. The van der Waals surface area contributed by atoms with Crippen molar-refractivity contribution in [3.8, 4) is 74.7 Å². The van der Waals surface area contributed by atoms with Crippen LogP contribution in [0.4, 0.5) is 0 Å². The zero-order valence-electron chi connectivity index (χ0n) is 90.5. The minimum Gasteiger partial charge on any atom is -0.508 e. The quantitative estimate of drug-likeness (QED) is 0.0116. The molecule has 0 fully saturated rings. The molecule has 0 aliphatic heterocycles. The van der Waals surface area contributed by atoms with Gasteiger partial charge < -0.3 is 71.5 Å². The van der Waals surface area contributed by atoms with Crippen molar-refractivity contribution in [1.82, 2.24) is 0 Å². The Morgan fingerprint density at radius 3 is 1.09 bits per heavy atom. The average molecular weight is 2000 g/mol. The van der Waals surface area contributed by atoms with E-state index in [2.05, 4.69) is 196 Å². The first kappa shape index (κ1) is 120. The number of aromatic hydroxyl groups is 13. The molecule has 0 aromatic heterocycles. The second kappa shape index (κ2) is 59.0. The zero-order chi connectivity index (χ0) is 109. The third kappa shape index (κ3) is 33.8. The van der Waals surface area contributed by atoms with E-state index in [0.717, 1.165) is 130 Å². The van der Waals surface area contributed by atoms with Gasteiger partial charge in [-0.05, 0) is 345 Å². The van der Waals surface area contributed by atoms with Crippen LogP contribution in [-0.2, 0) is 0 Å². The third-order valence-electron chi connectivity index (χ3n) is 28.5. The average Bonchev–Trinajstić information content (AvgIpc) is 0.783. The van der Waals surface area contributed by atoms with Gasteiger partial charge in [0.05, 0.1) is 11.1 Å². The molecule has 0 aliphatic rings. The first-order valence-electron chi connectivity index (χ1n) is 52.2. The summed E-state index contributed by atoms with van der Waals surface area (Å²) in [6.45, 7) is 46.1. The number of carbonyl (C=O) groups excluding carboxylic acids is 2. The van der Waals surface area contributed by atoms with Crippen molar-refractivity contribution in [2.45, 2.75) is 276 Å². The fourth-order valence-corrected chi connectivity index (χ4v) is 16.5. The maximum atomic E-state index is 12.4. The van der Waals surface area contributed by atoms with E-state index >= 15 is 0 Å². The molecule has 784 valence electrons. The Balaban J connectivity index is 0.000000224. The highest BCUT2D eigenvalue weighted by atomic mass is 16.4. The number of phenols is 13. The fraction of sp³-hybridized carbons (Fsp3) is 0.321. The molecule has 148 heavy (non-hydrogen) atoms. The predicted octanol–water partition coefficient (Wildman–Crippen LogP) is 35.4. The summed E-state index contributed by atoms with van der Waals surface area (Å²) in [5.74, 6) is 3.91. The van der Waals surface area contributed by atoms with Crippen LogP contribution >= 0.6 is 0 Å². The molecule has 0 spiro atoms. The standard InChI is InChI=1S/2C18H18O.C17H18O2.C14H16O.C12H16O2.C11H14O3.C11H16O.C10H14O3.C10H14O2.C10H14O/c1-3-12(2)18-14-8-5-4-7-13(14)11-16-15(18)9-6-10-17(16)19;1-3-12(2)13-8-9-14-11-18(19)16-7-5-4-6-15(16)17(14)10-13;1-3-12(2)14-9-10-16(18)15(11-14)17(19)13-7-5-4-6-8-13;1-3-10(2)11-4-5-13-9-14(15)7-6-12(13)8-11;1-4-8(2)10-5-6-12(14)11(7-10)9(3)13;1-3-7(2)8-4-5-10(12)9(6-8)11(13)14;1-4-8(2)10-5-6-11(12)9(3)7-10;1-3-6(2)7-4-8(11)10(13)9(12)5-7;1-3-7(2)8-4-5-9(11)10(12)6-8;1-3-8(2)9-6-4-5-7-10(9)11/h2*4-12,19H,3H2,1-2H3;4-12,18H,3H2,1-2H3;4-10,15H,3H2,1-2H3;5-8,14H,4H2,1-3H3;4-7,12H,3H2,1-2H3,(H,13,14);5-8,12H,4H2,1-3H3;4-6,11-13H,3H2,1-2H3;4-7,11-12H,3H2,1-2H3;4-8,11H,3H2,1-2H3. The Labute approximate surface area is 876 Å². The number of hydrogen-bond donors (Lipinski definition) is 14. The van der Waals surface area contributed by atoms with Crippen molar-refractivity contribution in [3.05, 3.63) is 375 Å². The Morgan fingerprint density at radius 2 is 0.595 bits per heavy atom. The summed E-state index contributed by atoms with van der Waals surface area (Å²) >= 11 is 0. The fourth-order valence-electron chi connectivity index (χ4n) is 16.5. The number of fused-ring (bicyclic) bond motifs is 6. The van der Waals surface area contributed by atoms with Crippen molar-refractivity contribution < 1.29 is 85.9 Å².